The van der Waals surface area contributed by atoms with Crippen molar-refractivity contribution in [2.75, 3.05) is 0 Å². The molecule has 0 amide bonds. The SMILES string of the molecule is C/C=C(\C)C(=O)OC(/C=C1/OC(=O)C2=C1CCC=C2)CC. The van der Waals surface area contributed by atoms with Gasteiger partial charge in [0, 0.05) is 11.1 Å². The lowest BCUT2D eigenvalue weighted by Crippen LogP contribution is -2.17. The molecule has 0 saturated carbocycles. The summed E-state index contributed by atoms with van der Waals surface area (Å²) < 4.78 is 10.7. The molecular formula is C17H20O4. The Morgan fingerprint density at radius 2 is 2.29 bits per heavy atom. The van der Waals surface area contributed by atoms with Crippen molar-refractivity contribution in [2.45, 2.75) is 46.1 Å². The van der Waals surface area contributed by atoms with Crippen LogP contribution in [-0.2, 0) is 19.1 Å². The van der Waals surface area contributed by atoms with E-state index in [2.05, 4.69) is 0 Å². The average Bonchev–Trinajstić information content (AvgIpc) is 2.82. The van der Waals surface area contributed by atoms with Gasteiger partial charge in [-0.05, 0) is 39.2 Å². The average molecular weight is 288 g/mol. The lowest BCUT2D eigenvalue weighted by atomic mass is 9.97. The molecule has 4 heteroatoms. The van der Waals surface area contributed by atoms with E-state index in [0.717, 1.165) is 18.4 Å². The number of esters is 2. The van der Waals surface area contributed by atoms with Crippen molar-refractivity contribution < 1.29 is 19.1 Å². The number of carbonyl (C=O) groups excluding carboxylic acids is 2. The number of cyclic esters (lactones) is 1. The van der Waals surface area contributed by atoms with Crippen LogP contribution in [0, 0.1) is 0 Å². The minimum atomic E-state index is -0.395. The predicted octanol–water partition coefficient (Wildman–Crippen LogP) is 3.36. The highest BCUT2D eigenvalue weighted by Gasteiger charge is 2.30. The second-order valence-corrected chi connectivity index (χ2v) is 5.08. The Balaban J connectivity index is 2.18. The highest BCUT2D eigenvalue weighted by molar-refractivity contribution is 5.97. The fourth-order valence-electron chi connectivity index (χ4n) is 2.21. The van der Waals surface area contributed by atoms with E-state index in [4.69, 9.17) is 9.47 Å². The van der Waals surface area contributed by atoms with Gasteiger partial charge < -0.3 is 9.47 Å². The van der Waals surface area contributed by atoms with Gasteiger partial charge in [-0.1, -0.05) is 25.2 Å². The maximum atomic E-state index is 11.8. The summed E-state index contributed by atoms with van der Waals surface area (Å²) in [6.45, 7) is 5.43. The Kier molecular flexibility index (Phi) is 4.78. The number of rotatable bonds is 4. The molecule has 4 nitrogen and oxygen atoms in total. The number of ether oxygens (including phenoxy) is 2. The standard InChI is InChI=1S/C17H20O4/c1-4-11(3)16(18)20-12(5-2)10-15-13-8-6-7-9-14(13)17(19)21-15/h4,7,9-10,12H,5-6,8H2,1-3H3/b11-4+,15-10+. The lowest BCUT2D eigenvalue weighted by molar-refractivity contribution is -0.142. The summed E-state index contributed by atoms with van der Waals surface area (Å²) in [5, 5.41) is 0. The van der Waals surface area contributed by atoms with Gasteiger partial charge in [0.25, 0.3) is 0 Å². The van der Waals surface area contributed by atoms with Crippen LogP contribution in [0.2, 0.25) is 0 Å². The molecule has 0 spiro atoms. The molecule has 1 unspecified atom stereocenters. The van der Waals surface area contributed by atoms with Gasteiger partial charge in [0.1, 0.15) is 11.9 Å². The molecule has 1 aliphatic carbocycles. The van der Waals surface area contributed by atoms with E-state index in [0.29, 0.717) is 23.3 Å². The van der Waals surface area contributed by atoms with Crippen molar-refractivity contribution in [2.24, 2.45) is 0 Å². The van der Waals surface area contributed by atoms with Crippen molar-refractivity contribution in [3.63, 3.8) is 0 Å². The second-order valence-electron chi connectivity index (χ2n) is 5.08. The van der Waals surface area contributed by atoms with Crippen LogP contribution in [0.5, 0.6) is 0 Å². The van der Waals surface area contributed by atoms with Crippen molar-refractivity contribution in [1.82, 2.24) is 0 Å². The van der Waals surface area contributed by atoms with Gasteiger partial charge in [0.2, 0.25) is 0 Å². The Labute approximate surface area is 124 Å². The first-order chi connectivity index (χ1) is 10.1. The van der Waals surface area contributed by atoms with Gasteiger partial charge >= 0.3 is 11.9 Å². The number of hydrogen-bond donors (Lipinski definition) is 0. The highest BCUT2D eigenvalue weighted by atomic mass is 16.6. The Morgan fingerprint density at radius 1 is 1.52 bits per heavy atom. The van der Waals surface area contributed by atoms with Crippen LogP contribution in [0.1, 0.15) is 40.0 Å². The van der Waals surface area contributed by atoms with Crippen molar-refractivity contribution >= 4 is 11.9 Å². The summed E-state index contributed by atoms with van der Waals surface area (Å²) in [6, 6.07) is 0. The van der Waals surface area contributed by atoms with E-state index in [1.54, 1.807) is 32.1 Å². The third-order valence-corrected chi connectivity index (χ3v) is 3.64. The van der Waals surface area contributed by atoms with E-state index in [1.807, 2.05) is 13.0 Å². The summed E-state index contributed by atoms with van der Waals surface area (Å²) >= 11 is 0. The number of hydrogen-bond acceptors (Lipinski definition) is 4. The first-order valence-corrected chi connectivity index (χ1v) is 7.24. The quantitative estimate of drug-likeness (QED) is 0.588. The Hall–Kier alpha value is -2.10. The fourth-order valence-corrected chi connectivity index (χ4v) is 2.21. The van der Waals surface area contributed by atoms with Gasteiger partial charge in [-0.2, -0.15) is 0 Å². The molecule has 0 bridgehead atoms. The molecule has 0 radical (unpaired) electrons. The summed E-state index contributed by atoms with van der Waals surface area (Å²) in [5.41, 5.74) is 2.11. The van der Waals surface area contributed by atoms with Gasteiger partial charge in [-0.3, -0.25) is 0 Å². The molecule has 2 aliphatic rings. The molecule has 0 N–H and O–H groups in total. The highest BCUT2D eigenvalue weighted by Crippen LogP contribution is 2.34. The van der Waals surface area contributed by atoms with Gasteiger partial charge in [-0.15, -0.1) is 0 Å². The first-order valence-electron chi connectivity index (χ1n) is 7.24. The Bertz CT molecular complexity index is 576. The second kappa shape index (κ2) is 6.57. The monoisotopic (exact) mass is 288 g/mol. The third-order valence-electron chi connectivity index (χ3n) is 3.64. The maximum absolute atomic E-state index is 11.8. The number of allylic oxidation sites excluding steroid dienone is 3. The van der Waals surface area contributed by atoms with Crippen molar-refractivity contribution in [3.05, 3.63) is 46.8 Å². The minimum absolute atomic E-state index is 0.321. The first kappa shape index (κ1) is 15.3. The lowest BCUT2D eigenvalue weighted by Gasteiger charge is -2.14. The van der Waals surface area contributed by atoms with Crippen LogP contribution in [-0.4, -0.2) is 18.0 Å². The number of carbonyl (C=O) groups is 2. The Morgan fingerprint density at radius 3 is 2.95 bits per heavy atom. The molecule has 0 saturated heterocycles. The van der Waals surface area contributed by atoms with Gasteiger partial charge in [0.05, 0.1) is 5.57 Å². The molecular weight excluding hydrogens is 268 g/mol. The molecule has 2 rings (SSSR count). The van der Waals surface area contributed by atoms with Crippen molar-refractivity contribution in [1.29, 1.82) is 0 Å². The van der Waals surface area contributed by atoms with E-state index in [1.165, 1.54) is 0 Å². The van der Waals surface area contributed by atoms with Crippen LogP contribution in [0.4, 0.5) is 0 Å². The fraction of sp³-hybridized carbons (Fsp3) is 0.412. The third kappa shape index (κ3) is 3.32. The van der Waals surface area contributed by atoms with Crippen LogP contribution in [0.25, 0.3) is 0 Å². The summed E-state index contributed by atoms with van der Waals surface area (Å²) in [4.78, 5) is 23.6. The molecule has 1 heterocycles. The van der Waals surface area contributed by atoms with Crippen LogP contribution < -0.4 is 0 Å². The van der Waals surface area contributed by atoms with E-state index >= 15 is 0 Å². The summed E-state index contributed by atoms with van der Waals surface area (Å²) in [6.07, 6.45) is 9.12. The largest absolute Gasteiger partial charge is 0.455 e. The molecule has 112 valence electrons. The zero-order valence-electron chi connectivity index (χ0n) is 12.6. The topological polar surface area (TPSA) is 52.6 Å². The van der Waals surface area contributed by atoms with Crippen LogP contribution in [0.15, 0.2) is 46.8 Å². The van der Waals surface area contributed by atoms with Gasteiger partial charge in [-0.25, -0.2) is 9.59 Å². The van der Waals surface area contributed by atoms with Crippen LogP contribution in [0.3, 0.4) is 0 Å². The summed E-state index contributed by atoms with van der Waals surface area (Å²) in [5.74, 6) is -0.126. The zero-order valence-corrected chi connectivity index (χ0v) is 12.6. The molecule has 0 aromatic rings. The minimum Gasteiger partial charge on any atom is -0.455 e. The van der Waals surface area contributed by atoms with Gasteiger partial charge in [0.15, 0.2) is 0 Å². The predicted molar refractivity (Wildman–Crippen MR) is 79.2 cm³/mol. The molecule has 1 aliphatic heterocycles. The van der Waals surface area contributed by atoms with E-state index in [-0.39, 0.29) is 11.9 Å². The zero-order chi connectivity index (χ0) is 15.4. The van der Waals surface area contributed by atoms with Crippen LogP contribution >= 0.6 is 0 Å². The molecule has 0 aromatic heterocycles. The van der Waals surface area contributed by atoms with E-state index in [9.17, 15) is 9.59 Å². The molecule has 0 fully saturated rings. The van der Waals surface area contributed by atoms with E-state index < -0.39 is 6.10 Å². The maximum Gasteiger partial charge on any atom is 0.343 e. The molecule has 0 aromatic carbocycles. The smallest absolute Gasteiger partial charge is 0.343 e. The normalized spacial score (nSPS) is 21.4. The molecule has 1 atom stereocenters. The molecule has 21 heavy (non-hydrogen) atoms. The van der Waals surface area contributed by atoms with Crippen molar-refractivity contribution in [3.8, 4) is 0 Å². The summed E-state index contributed by atoms with van der Waals surface area (Å²) in [7, 11) is 0.